The summed E-state index contributed by atoms with van der Waals surface area (Å²) in [6.45, 7) is 0.417. The molecular formula is C11H10BrF2NO2. The zero-order chi connectivity index (χ0) is 12.6. The number of anilines is 1. The lowest BCUT2D eigenvalue weighted by atomic mass is 10.2. The first kappa shape index (κ1) is 12.3. The highest BCUT2D eigenvalue weighted by Crippen LogP contribution is 2.34. The van der Waals surface area contributed by atoms with Crippen LogP contribution in [0, 0.1) is 11.6 Å². The molecule has 1 aromatic carbocycles. The normalized spacial score (nSPS) is 19.9. The van der Waals surface area contributed by atoms with Gasteiger partial charge in [0, 0.05) is 29.9 Å². The zero-order valence-corrected chi connectivity index (χ0v) is 10.6. The summed E-state index contributed by atoms with van der Waals surface area (Å²) >= 11 is 3.32. The van der Waals surface area contributed by atoms with Gasteiger partial charge in [0.15, 0.2) is 11.6 Å². The van der Waals surface area contributed by atoms with Crippen molar-refractivity contribution in [1.82, 2.24) is 0 Å². The van der Waals surface area contributed by atoms with Gasteiger partial charge in [-0.3, -0.25) is 4.79 Å². The molecule has 1 fully saturated rings. The summed E-state index contributed by atoms with van der Waals surface area (Å²) < 4.78 is 31.2. The topological polar surface area (TPSA) is 29.5 Å². The molecule has 1 unspecified atom stereocenters. The van der Waals surface area contributed by atoms with E-state index in [2.05, 4.69) is 15.9 Å². The smallest absolute Gasteiger partial charge is 0.228 e. The molecule has 1 aliphatic heterocycles. The van der Waals surface area contributed by atoms with Gasteiger partial charge in [0.25, 0.3) is 0 Å². The SMILES string of the molecule is COc1cc(F)c(F)cc1N1CC(Br)CC1=O. The summed E-state index contributed by atoms with van der Waals surface area (Å²) in [6.07, 6.45) is 0.335. The van der Waals surface area contributed by atoms with Crippen LogP contribution in [0.15, 0.2) is 12.1 Å². The molecule has 0 radical (unpaired) electrons. The van der Waals surface area contributed by atoms with E-state index in [0.717, 1.165) is 12.1 Å². The van der Waals surface area contributed by atoms with Crippen molar-refractivity contribution < 1.29 is 18.3 Å². The molecule has 1 aliphatic rings. The molecule has 0 spiro atoms. The van der Waals surface area contributed by atoms with Crippen LogP contribution in [0.25, 0.3) is 0 Å². The van der Waals surface area contributed by atoms with Crippen LogP contribution in [-0.2, 0) is 4.79 Å². The summed E-state index contributed by atoms with van der Waals surface area (Å²) in [7, 11) is 1.35. The standard InChI is InChI=1S/C11H10BrF2NO2/c1-17-10-4-8(14)7(13)3-9(10)15-5-6(12)2-11(15)16/h3-4,6H,2,5H2,1H3. The number of alkyl halides is 1. The van der Waals surface area contributed by atoms with Crippen molar-refractivity contribution in [3.8, 4) is 5.75 Å². The molecule has 1 heterocycles. The number of amides is 1. The Balaban J connectivity index is 2.44. The number of rotatable bonds is 2. The van der Waals surface area contributed by atoms with E-state index >= 15 is 0 Å². The van der Waals surface area contributed by atoms with E-state index in [0.29, 0.717) is 13.0 Å². The Kier molecular flexibility index (Phi) is 3.33. The van der Waals surface area contributed by atoms with Crippen molar-refractivity contribution in [1.29, 1.82) is 0 Å². The fraction of sp³-hybridized carbons (Fsp3) is 0.364. The van der Waals surface area contributed by atoms with Crippen LogP contribution in [-0.4, -0.2) is 24.4 Å². The monoisotopic (exact) mass is 305 g/mol. The van der Waals surface area contributed by atoms with Crippen LogP contribution in [0.5, 0.6) is 5.75 Å². The molecule has 6 heteroatoms. The quantitative estimate of drug-likeness (QED) is 0.786. The van der Waals surface area contributed by atoms with Crippen molar-refractivity contribution in [3.63, 3.8) is 0 Å². The molecule has 17 heavy (non-hydrogen) atoms. The van der Waals surface area contributed by atoms with Crippen LogP contribution < -0.4 is 9.64 Å². The Morgan fingerprint density at radius 2 is 2.06 bits per heavy atom. The number of nitrogens with zero attached hydrogens (tertiary/aromatic N) is 1. The van der Waals surface area contributed by atoms with Crippen molar-refractivity contribution in [2.45, 2.75) is 11.2 Å². The number of hydrogen-bond donors (Lipinski definition) is 0. The zero-order valence-electron chi connectivity index (χ0n) is 9.04. The summed E-state index contributed by atoms with van der Waals surface area (Å²) in [6, 6.07) is 1.93. The van der Waals surface area contributed by atoms with Gasteiger partial charge in [-0.2, -0.15) is 0 Å². The van der Waals surface area contributed by atoms with Crippen molar-refractivity contribution >= 4 is 27.5 Å². The molecule has 1 amide bonds. The van der Waals surface area contributed by atoms with Crippen molar-refractivity contribution in [3.05, 3.63) is 23.8 Å². The average Bonchev–Trinajstić information content (AvgIpc) is 2.61. The van der Waals surface area contributed by atoms with E-state index in [-0.39, 0.29) is 22.2 Å². The highest BCUT2D eigenvalue weighted by atomic mass is 79.9. The molecule has 92 valence electrons. The van der Waals surface area contributed by atoms with Gasteiger partial charge in [0.2, 0.25) is 5.91 Å². The molecule has 1 saturated heterocycles. The van der Waals surface area contributed by atoms with E-state index < -0.39 is 11.6 Å². The largest absolute Gasteiger partial charge is 0.494 e. The molecule has 0 aliphatic carbocycles. The number of benzene rings is 1. The number of halogens is 3. The lowest BCUT2D eigenvalue weighted by molar-refractivity contribution is -0.117. The Morgan fingerprint density at radius 3 is 2.59 bits per heavy atom. The van der Waals surface area contributed by atoms with Gasteiger partial charge in [0.05, 0.1) is 12.8 Å². The third-order valence-electron chi connectivity index (χ3n) is 2.59. The second kappa shape index (κ2) is 4.60. The lowest BCUT2D eigenvalue weighted by Crippen LogP contribution is -2.25. The minimum atomic E-state index is -0.994. The van der Waals surface area contributed by atoms with Crippen molar-refractivity contribution in [2.24, 2.45) is 0 Å². The maximum atomic E-state index is 13.2. The van der Waals surface area contributed by atoms with Gasteiger partial charge in [0.1, 0.15) is 5.75 Å². The van der Waals surface area contributed by atoms with Crippen LogP contribution in [0.1, 0.15) is 6.42 Å². The number of hydrogen-bond acceptors (Lipinski definition) is 2. The molecule has 0 saturated carbocycles. The van der Waals surface area contributed by atoms with Gasteiger partial charge >= 0.3 is 0 Å². The van der Waals surface area contributed by atoms with Crippen molar-refractivity contribution in [2.75, 3.05) is 18.6 Å². The lowest BCUT2D eigenvalue weighted by Gasteiger charge is -2.19. The third kappa shape index (κ3) is 2.26. The van der Waals surface area contributed by atoms with E-state index in [1.54, 1.807) is 0 Å². The maximum Gasteiger partial charge on any atom is 0.228 e. The van der Waals surface area contributed by atoms with Gasteiger partial charge in [-0.05, 0) is 0 Å². The minimum Gasteiger partial charge on any atom is -0.494 e. The fourth-order valence-corrected chi connectivity index (χ4v) is 2.36. The number of carbonyl (C=O) groups excluding carboxylic acids is 1. The predicted molar refractivity (Wildman–Crippen MR) is 62.6 cm³/mol. The van der Waals surface area contributed by atoms with Crippen LogP contribution in [0.3, 0.4) is 0 Å². The van der Waals surface area contributed by atoms with E-state index in [9.17, 15) is 13.6 Å². The Labute approximate surface area is 105 Å². The maximum absolute atomic E-state index is 13.2. The van der Waals surface area contributed by atoms with Crippen LogP contribution in [0.4, 0.5) is 14.5 Å². The molecule has 1 aromatic rings. The molecular weight excluding hydrogens is 296 g/mol. The van der Waals surface area contributed by atoms with Crippen LogP contribution in [0.2, 0.25) is 0 Å². The van der Waals surface area contributed by atoms with E-state index in [1.807, 2.05) is 0 Å². The Hall–Kier alpha value is -1.17. The third-order valence-corrected chi connectivity index (χ3v) is 3.20. The molecule has 2 rings (SSSR count). The van der Waals surface area contributed by atoms with Crippen LogP contribution >= 0.6 is 15.9 Å². The molecule has 1 atom stereocenters. The first-order valence-corrected chi connectivity index (χ1v) is 5.92. The first-order chi connectivity index (χ1) is 8.02. The van der Waals surface area contributed by atoms with Gasteiger partial charge in [-0.1, -0.05) is 15.9 Å². The summed E-state index contributed by atoms with van der Waals surface area (Å²) in [5.74, 6) is -1.98. The summed E-state index contributed by atoms with van der Waals surface area (Å²) in [4.78, 5) is 13.1. The molecule has 0 bridgehead atoms. The second-order valence-corrected chi connectivity index (χ2v) is 5.04. The Bertz CT molecular complexity index is 467. The first-order valence-electron chi connectivity index (χ1n) is 5.00. The summed E-state index contributed by atoms with van der Waals surface area (Å²) in [5, 5.41) is 0. The summed E-state index contributed by atoms with van der Waals surface area (Å²) in [5.41, 5.74) is 0.262. The van der Waals surface area contributed by atoms with Gasteiger partial charge in [-0.15, -0.1) is 0 Å². The van der Waals surface area contributed by atoms with E-state index in [1.165, 1.54) is 12.0 Å². The fourth-order valence-electron chi connectivity index (χ4n) is 1.79. The molecule has 3 nitrogen and oxygen atoms in total. The second-order valence-electron chi connectivity index (χ2n) is 3.74. The average molecular weight is 306 g/mol. The highest BCUT2D eigenvalue weighted by molar-refractivity contribution is 9.09. The van der Waals surface area contributed by atoms with Gasteiger partial charge in [-0.25, -0.2) is 8.78 Å². The number of carbonyl (C=O) groups is 1. The highest BCUT2D eigenvalue weighted by Gasteiger charge is 2.31. The van der Waals surface area contributed by atoms with E-state index in [4.69, 9.17) is 4.74 Å². The minimum absolute atomic E-state index is 0.0211. The number of ether oxygens (including phenoxy) is 1. The number of methoxy groups -OCH3 is 1. The molecule has 0 aromatic heterocycles. The molecule has 0 N–H and O–H groups in total. The van der Waals surface area contributed by atoms with Gasteiger partial charge < -0.3 is 9.64 Å². The Morgan fingerprint density at radius 1 is 1.41 bits per heavy atom. The predicted octanol–water partition coefficient (Wildman–Crippen LogP) is 2.47.